The zero-order valence-electron chi connectivity index (χ0n) is 5.87. The maximum atomic E-state index is 10.2. The summed E-state index contributed by atoms with van der Waals surface area (Å²) in [6.45, 7) is 4.98. The summed E-state index contributed by atoms with van der Waals surface area (Å²) in [6, 6.07) is 0. The normalized spacial score (nSPS) is 11.9. The monoisotopic (exact) mass is 138 g/mol. The van der Waals surface area contributed by atoms with E-state index in [1.165, 1.54) is 13.0 Å². The van der Waals surface area contributed by atoms with Gasteiger partial charge in [0.1, 0.15) is 0 Å². The highest BCUT2D eigenvalue weighted by molar-refractivity contribution is 5.86. The first-order valence-corrected chi connectivity index (χ1v) is 2.87. The van der Waals surface area contributed by atoms with Crippen LogP contribution in [0.3, 0.4) is 0 Å². The van der Waals surface area contributed by atoms with Crippen molar-refractivity contribution in [2.24, 2.45) is 0 Å². The molecule has 10 heavy (non-hydrogen) atoms. The zero-order chi connectivity index (χ0) is 7.98. The van der Waals surface area contributed by atoms with Gasteiger partial charge in [-0.3, -0.25) is 0 Å². The van der Waals surface area contributed by atoms with Crippen LogP contribution < -0.4 is 0 Å². The van der Waals surface area contributed by atoms with E-state index in [1.807, 2.05) is 0 Å². The second-order valence-corrected chi connectivity index (χ2v) is 1.78. The number of aliphatic carboxylic acids is 1. The SMILES string of the molecule is C=CC=CC=C(C)C(=O)O. The number of carbonyl (C=O) groups is 1. The minimum absolute atomic E-state index is 0.318. The van der Waals surface area contributed by atoms with Crippen molar-refractivity contribution in [3.8, 4) is 0 Å². The molecule has 2 nitrogen and oxygen atoms in total. The summed E-state index contributed by atoms with van der Waals surface area (Å²) in [5.74, 6) is -0.895. The maximum absolute atomic E-state index is 10.2. The highest BCUT2D eigenvalue weighted by atomic mass is 16.4. The van der Waals surface area contributed by atoms with Gasteiger partial charge in [-0.15, -0.1) is 0 Å². The van der Waals surface area contributed by atoms with Crippen LogP contribution >= 0.6 is 0 Å². The highest BCUT2D eigenvalue weighted by Gasteiger charge is 1.94. The fraction of sp³-hybridized carbons (Fsp3) is 0.125. The molecular weight excluding hydrogens is 128 g/mol. The molecule has 0 aromatic heterocycles. The zero-order valence-corrected chi connectivity index (χ0v) is 5.87. The largest absolute Gasteiger partial charge is 0.478 e. The van der Waals surface area contributed by atoms with Gasteiger partial charge >= 0.3 is 5.97 Å². The summed E-state index contributed by atoms with van der Waals surface area (Å²) < 4.78 is 0. The van der Waals surface area contributed by atoms with Crippen molar-refractivity contribution < 1.29 is 9.90 Å². The van der Waals surface area contributed by atoms with Crippen LogP contribution in [-0.2, 0) is 4.79 Å². The molecule has 0 aromatic carbocycles. The predicted molar refractivity (Wildman–Crippen MR) is 40.7 cm³/mol. The van der Waals surface area contributed by atoms with Crippen molar-refractivity contribution in [2.45, 2.75) is 6.92 Å². The minimum atomic E-state index is -0.895. The van der Waals surface area contributed by atoms with Crippen LogP contribution in [0.1, 0.15) is 6.92 Å². The molecule has 2 heteroatoms. The second kappa shape index (κ2) is 4.56. The van der Waals surface area contributed by atoms with E-state index in [4.69, 9.17) is 5.11 Å². The Kier molecular flexibility index (Phi) is 3.96. The average Bonchev–Trinajstić information content (AvgIpc) is 1.88. The van der Waals surface area contributed by atoms with Crippen LogP contribution in [0.4, 0.5) is 0 Å². The molecule has 54 valence electrons. The van der Waals surface area contributed by atoms with E-state index in [-0.39, 0.29) is 0 Å². The molecule has 0 spiro atoms. The van der Waals surface area contributed by atoms with Crippen molar-refractivity contribution in [2.75, 3.05) is 0 Å². The lowest BCUT2D eigenvalue weighted by atomic mass is 10.3. The summed E-state index contributed by atoms with van der Waals surface area (Å²) in [4.78, 5) is 10.2. The molecule has 0 fully saturated rings. The summed E-state index contributed by atoms with van der Waals surface area (Å²) in [5, 5.41) is 8.35. The molecule has 0 bridgehead atoms. The van der Waals surface area contributed by atoms with E-state index in [1.54, 1.807) is 18.2 Å². The van der Waals surface area contributed by atoms with Crippen LogP contribution in [0.25, 0.3) is 0 Å². The highest BCUT2D eigenvalue weighted by Crippen LogP contribution is 1.91. The van der Waals surface area contributed by atoms with E-state index < -0.39 is 5.97 Å². The second-order valence-electron chi connectivity index (χ2n) is 1.78. The van der Waals surface area contributed by atoms with Gasteiger partial charge in [0.15, 0.2) is 0 Å². The standard InChI is InChI=1S/C8H10O2/c1-3-4-5-6-7(2)8(9)10/h3-6H,1H2,2H3,(H,9,10). The lowest BCUT2D eigenvalue weighted by Crippen LogP contribution is -1.94. The third-order valence-corrected chi connectivity index (χ3v) is 0.931. The smallest absolute Gasteiger partial charge is 0.331 e. The van der Waals surface area contributed by atoms with Gasteiger partial charge in [-0.05, 0) is 6.92 Å². The van der Waals surface area contributed by atoms with Gasteiger partial charge in [-0.2, -0.15) is 0 Å². The number of carboxylic acids is 1. The number of allylic oxidation sites excluding steroid dienone is 4. The summed E-state index contributed by atoms with van der Waals surface area (Å²) in [6.07, 6.45) is 6.42. The van der Waals surface area contributed by atoms with Crippen molar-refractivity contribution >= 4 is 5.97 Å². The van der Waals surface area contributed by atoms with Gasteiger partial charge in [0, 0.05) is 5.57 Å². The Labute approximate surface area is 60.2 Å². The number of hydrogen-bond acceptors (Lipinski definition) is 1. The van der Waals surface area contributed by atoms with Crippen molar-refractivity contribution in [3.63, 3.8) is 0 Å². The lowest BCUT2D eigenvalue weighted by Gasteiger charge is -1.85. The molecule has 0 rings (SSSR count). The van der Waals surface area contributed by atoms with Crippen LogP contribution in [0, 0.1) is 0 Å². The van der Waals surface area contributed by atoms with Crippen LogP contribution in [0.5, 0.6) is 0 Å². The number of carboxylic acid groups (broad SMARTS) is 1. The molecule has 0 amide bonds. The van der Waals surface area contributed by atoms with Crippen LogP contribution in [0.2, 0.25) is 0 Å². The Balaban J connectivity index is 4.04. The molecule has 0 heterocycles. The van der Waals surface area contributed by atoms with E-state index in [0.29, 0.717) is 5.57 Å². The molecular formula is C8H10O2. The van der Waals surface area contributed by atoms with E-state index in [0.717, 1.165) is 0 Å². The summed E-state index contributed by atoms with van der Waals surface area (Å²) >= 11 is 0. The fourth-order valence-electron chi connectivity index (χ4n) is 0.350. The Morgan fingerprint density at radius 1 is 1.50 bits per heavy atom. The topological polar surface area (TPSA) is 37.3 Å². The Bertz CT molecular complexity index is 187. The fourth-order valence-corrected chi connectivity index (χ4v) is 0.350. The minimum Gasteiger partial charge on any atom is -0.478 e. The molecule has 0 saturated carbocycles. The summed E-state index contributed by atoms with van der Waals surface area (Å²) in [7, 11) is 0. The third kappa shape index (κ3) is 3.66. The van der Waals surface area contributed by atoms with E-state index >= 15 is 0 Å². The van der Waals surface area contributed by atoms with Gasteiger partial charge in [0.2, 0.25) is 0 Å². The Morgan fingerprint density at radius 3 is 2.50 bits per heavy atom. The Hall–Kier alpha value is -1.31. The molecule has 0 aliphatic carbocycles. The molecule has 0 radical (unpaired) electrons. The third-order valence-electron chi connectivity index (χ3n) is 0.931. The van der Waals surface area contributed by atoms with Crippen molar-refractivity contribution in [1.29, 1.82) is 0 Å². The summed E-state index contributed by atoms with van der Waals surface area (Å²) in [5.41, 5.74) is 0.318. The lowest BCUT2D eigenvalue weighted by molar-refractivity contribution is -0.132. The average molecular weight is 138 g/mol. The van der Waals surface area contributed by atoms with Gasteiger partial charge < -0.3 is 5.11 Å². The number of rotatable bonds is 3. The molecule has 0 aliphatic heterocycles. The van der Waals surface area contributed by atoms with Gasteiger partial charge in [-0.1, -0.05) is 30.9 Å². The molecule has 1 N–H and O–H groups in total. The molecule has 0 aliphatic rings. The maximum Gasteiger partial charge on any atom is 0.331 e. The first-order valence-electron chi connectivity index (χ1n) is 2.87. The first kappa shape index (κ1) is 8.69. The van der Waals surface area contributed by atoms with Crippen molar-refractivity contribution in [1.82, 2.24) is 0 Å². The van der Waals surface area contributed by atoms with Crippen LogP contribution in [-0.4, -0.2) is 11.1 Å². The van der Waals surface area contributed by atoms with E-state index in [9.17, 15) is 4.79 Å². The Morgan fingerprint density at radius 2 is 2.10 bits per heavy atom. The van der Waals surface area contributed by atoms with Gasteiger partial charge in [0.25, 0.3) is 0 Å². The predicted octanol–water partition coefficient (Wildman–Crippen LogP) is 1.76. The van der Waals surface area contributed by atoms with Gasteiger partial charge in [0.05, 0.1) is 0 Å². The number of hydrogen-bond donors (Lipinski definition) is 1. The van der Waals surface area contributed by atoms with E-state index in [2.05, 4.69) is 6.58 Å². The molecule has 0 saturated heterocycles. The van der Waals surface area contributed by atoms with Crippen molar-refractivity contribution in [3.05, 3.63) is 36.5 Å². The van der Waals surface area contributed by atoms with Gasteiger partial charge in [-0.25, -0.2) is 4.79 Å². The molecule has 0 atom stereocenters. The van der Waals surface area contributed by atoms with Crippen LogP contribution in [0.15, 0.2) is 36.5 Å². The molecule has 0 unspecified atom stereocenters. The molecule has 0 aromatic rings. The first-order chi connectivity index (χ1) is 4.68. The quantitative estimate of drug-likeness (QED) is 0.476.